The molecular weight excluding hydrogens is 502 g/mol. The molecule has 0 atom stereocenters. The third-order valence-electron chi connectivity index (χ3n) is 3.17. The van der Waals surface area contributed by atoms with Crippen LogP contribution in [0.5, 0.6) is 5.75 Å². The Balaban J connectivity index is 0.00000625. The van der Waals surface area contributed by atoms with Crippen molar-refractivity contribution in [3.05, 3.63) is 27.7 Å². The van der Waals surface area contributed by atoms with Gasteiger partial charge in [-0.3, -0.25) is 4.99 Å². The number of hydrogen-bond acceptors (Lipinski definition) is 3. The fraction of sp³-hybridized carbons (Fsp3) is 0.562. The molecule has 0 saturated carbocycles. The number of unbranched alkanes of at least 4 members (excludes halogenated alkanes) is 1. The van der Waals surface area contributed by atoms with Gasteiger partial charge >= 0.3 is 6.61 Å². The average Bonchev–Trinajstić information content (AvgIpc) is 2.56. The maximum atomic E-state index is 12.6. The van der Waals surface area contributed by atoms with E-state index in [1.165, 1.54) is 12.1 Å². The summed E-state index contributed by atoms with van der Waals surface area (Å²) >= 11 is 11.9. The van der Waals surface area contributed by atoms with Gasteiger partial charge in [-0.15, -0.1) is 24.0 Å². The van der Waals surface area contributed by atoms with Gasteiger partial charge in [-0.25, -0.2) is 0 Å². The number of nitrogens with zero attached hydrogens (tertiary/aromatic N) is 1. The standard InChI is InChI=1S/C16H23Cl2F2N3O2.HI/c1-3-24-7-5-4-6-22-16(21-2)23-10-11-8-12(17)9-13(18)14(11)25-15(19)20;/h8-9,15H,3-7,10H2,1-2H3,(H2,21,22,23);1H. The van der Waals surface area contributed by atoms with Crippen molar-refractivity contribution in [2.24, 2.45) is 4.99 Å². The van der Waals surface area contributed by atoms with Gasteiger partial charge in [-0.1, -0.05) is 23.2 Å². The van der Waals surface area contributed by atoms with Crippen molar-refractivity contribution in [1.82, 2.24) is 10.6 Å². The summed E-state index contributed by atoms with van der Waals surface area (Å²) in [6, 6.07) is 2.88. The van der Waals surface area contributed by atoms with E-state index in [-0.39, 0.29) is 41.3 Å². The molecule has 1 aromatic rings. The van der Waals surface area contributed by atoms with Gasteiger partial charge in [0.1, 0.15) is 5.75 Å². The lowest BCUT2D eigenvalue weighted by molar-refractivity contribution is -0.0504. The summed E-state index contributed by atoms with van der Waals surface area (Å²) in [5.74, 6) is 0.441. The Bertz CT molecular complexity index is 567. The minimum absolute atomic E-state index is 0. The van der Waals surface area contributed by atoms with Crippen LogP contribution in [0.3, 0.4) is 0 Å². The zero-order valence-electron chi connectivity index (χ0n) is 14.7. The largest absolute Gasteiger partial charge is 0.433 e. The summed E-state index contributed by atoms with van der Waals surface area (Å²) in [5, 5.41) is 6.52. The van der Waals surface area contributed by atoms with Crippen molar-refractivity contribution in [1.29, 1.82) is 0 Å². The number of hydrogen-bond donors (Lipinski definition) is 2. The number of benzene rings is 1. The van der Waals surface area contributed by atoms with Crippen LogP contribution in [0, 0.1) is 0 Å². The highest BCUT2D eigenvalue weighted by Crippen LogP contribution is 2.33. The predicted molar refractivity (Wildman–Crippen MR) is 112 cm³/mol. The van der Waals surface area contributed by atoms with Crippen LogP contribution in [0.2, 0.25) is 10.0 Å². The first-order valence-electron chi connectivity index (χ1n) is 7.92. The molecule has 0 bridgehead atoms. The summed E-state index contributed by atoms with van der Waals surface area (Å²) < 4.78 is 34.9. The van der Waals surface area contributed by atoms with Gasteiger partial charge in [-0.2, -0.15) is 8.78 Å². The second-order valence-electron chi connectivity index (χ2n) is 5.01. The van der Waals surface area contributed by atoms with Gasteiger partial charge in [0.05, 0.1) is 5.02 Å². The van der Waals surface area contributed by atoms with Crippen LogP contribution in [0.1, 0.15) is 25.3 Å². The predicted octanol–water partition coefficient (Wildman–Crippen LogP) is 4.69. The molecule has 10 heteroatoms. The minimum Gasteiger partial charge on any atom is -0.433 e. The Kier molecular flexibility index (Phi) is 14.2. The lowest BCUT2D eigenvalue weighted by Gasteiger charge is -2.16. The maximum absolute atomic E-state index is 12.6. The van der Waals surface area contributed by atoms with E-state index in [1.807, 2.05) is 6.92 Å². The van der Waals surface area contributed by atoms with Gasteiger partial charge in [0.15, 0.2) is 5.96 Å². The first kappa shape index (κ1) is 25.4. The Morgan fingerprint density at radius 1 is 1.23 bits per heavy atom. The molecule has 5 nitrogen and oxygen atoms in total. The Morgan fingerprint density at radius 3 is 2.58 bits per heavy atom. The van der Waals surface area contributed by atoms with Crippen LogP contribution in [0.4, 0.5) is 8.78 Å². The molecule has 0 heterocycles. The number of guanidine groups is 1. The lowest BCUT2D eigenvalue weighted by atomic mass is 10.2. The fourth-order valence-corrected chi connectivity index (χ4v) is 2.63. The van der Waals surface area contributed by atoms with Crippen LogP contribution in [-0.2, 0) is 11.3 Å². The second-order valence-corrected chi connectivity index (χ2v) is 5.85. The number of ether oxygens (including phenoxy) is 2. The molecule has 1 aromatic carbocycles. The van der Waals surface area contributed by atoms with E-state index in [9.17, 15) is 8.78 Å². The van der Waals surface area contributed by atoms with E-state index in [0.29, 0.717) is 29.7 Å². The quantitative estimate of drug-likeness (QED) is 0.201. The zero-order chi connectivity index (χ0) is 18.7. The molecule has 0 aliphatic rings. The number of alkyl halides is 2. The summed E-state index contributed by atoms with van der Waals surface area (Å²) in [6.07, 6.45) is 1.86. The Labute approximate surface area is 179 Å². The van der Waals surface area contributed by atoms with Gasteiger partial charge in [0.25, 0.3) is 0 Å². The van der Waals surface area contributed by atoms with Crippen molar-refractivity contribution in [2.75, 3.05) is 26.8 Å². The highest BCUT2D eigenvalue weighted by Gasteiger charge is 2.15. The molecule has 1 rings (SSSR count). The number of aliphatic imine (C=N–C) groups is 1. The molecule has 0 aliphatic carbocycles. The van der Waals surface area contributed by atoms with E-state index < -0.39 is 6.61 Å². The Morgan fingerprint density at radius 2 is 1.96 bits per heavy atom. The highest BCUT2D eigenvalue weighted by atomic mass is 127. The number of rotatable bonds is 10. The average molecular weight is 526 g/mol. The summed E-state index contributed by atoms with van der Waals surface area (Å²) in [5.41, 5.74) is 0.414. The third kappa shape index (κ3) is 9.94. The van der Waals surface area contributed by atoms with Gasteiger partial charge in [0, 0.05) is 43.9 Å². The molecule has 0 aliphatic heterocycles. The molecule has 2 N–H and O–H groups in total. The molecular formula is C16H24Cl2F2IN3O2. The normalized spacial score (nSPS) is 11.3. The summed E-state index contributed by atoms with van der Waals surface area (Å²) in [4.78, 5) is 4.08. The first-order chi connectivity index (χ1) is 12.0. The molecule has 0 spiro atoms. The molecule has 0 amide bonds. The molecule has 0 saturated heterocycles. The lowest BCUT2D eigenvalue weighted by Crippen LogP contribution is -2.37. The van der Waals surface area contributed by atoms with E-state index in [1.54, 1.807) is 7.05 Å². The van der Waals surface area contributed by atoms with E-state index in [4.69, 9.17) is 27.9 Å². The van der Waals surface area contributed by atoms with Gasteiger partial charge < -0.3 is 20.1 Å². The molecule has 150 valence electrons. The van der Waals surface area contributed by atoms with Crippen LogP contribution >= 0.6 is 47.2 Å². The van der Waals surface area contributed by atoms with Crippen LogP contribution in [0.15, 0.2) is 17.1 Å². The molecule has 0 aromatic heterocycles. The van der Waals surface area contributed by atoms with Crippen molar-refractivity contribution in [2.45, 2.75) is 32.9 Å². The van der Waals surface area contributed by atoms with E-state index >= 15 is 0 Å². The molecule has 26 heavy (non-hydrogen) atoms. The minimum atomic E-state index is -2.97. The second kappa shape index (κ2) is 14.5. The van der Waals surface area contributed by atoms with Crippen molar-refractivity contribution in [3.63, 3.8) is 0 Å². The van der Waals surface area contributed by atoms with Crippen molar-refractivity contribution < 1.29 is 18.3 Å². The SMILES string of the molecule is CCOCCCCNC(=NC)NCc1cc(Cl)cc(Cl)c1OC(F)F.I. The highest BCUT2D eigenvalue weighted by molar-refractivity contribution is 14.0. The maximum Gasteiger partial charge on any atom is 0.387 e. The van der Waals surface area contributed by atoms with Crippen LogP contribution in [-0.4, -0.2) is 39.4 Å². The Hall–Kier alpha value is -0.580. The number of nitrogens with one attached hydrogen (secondary N) is 2. The van der Waals surface area contributed by atoms with Crippen molar-refractivity contribution in [3.8, 4) is 5.75 Å². The number of halogens is 5. The zero-order valence-corrected chi connectivity index (χ0v) is 18.5. The smallest absolute Gasteiger partial charge is 0.387 e. The summed E-state index contributed by atoms with van der Waals surface area (Å²) in [7, 11) is 1.62. The molecule has 0 unspecified atom stereocenters. The van der Waals surface area contributed by atoms with Gasteiger partial charge in [-0.05, 0) is 31.9 Å². The fourth-order valence-electron chi connectivity index (χ4n) is 2.05. The first-order valence-corrected chi connectivity index (χ1v) is 8.68. The topological polar surface area (TPSA) is 54.9 Å². The van der Waals surface area contributed by atoms with Crippen molar-refractivity contribution >= 4 is 53.1 Å². The van der Waals surface area contributed by atoms with Crippen LogP contribution < -0.4 is 15.4 Å². The van der Waals surface area contributed by atoms with Crippen LogP contribution in [0.25, 0.3) is 0 Å². The molecule has 0 fully saturated rings. The monoisotopic (exact) mass is 525 g/mol. The third-order valence-corrected chi connectivity index (χ3v) is 3.67. The molecule has 0 radical (unpaired) electrons. The summed E-state index contributed by atoms with van der Waals surface area (Å²) in [6.45, 7) is 1.31. The van der Waals surface area contributed by atoms with E-state index in [0.717, 1.165) is 19.4 Å². The van der Waals surface area contributed by atoms with Gasteiger partial charge in [0.2, 0.25) is 0 Å². The van der Waals surface area contributed by atoms with E-state index in [2.05, 4.69) is 20.4 Å².